The van der Waals surface area contributed by atoms with Gasteiger partial charge in [0.1, 0.15) is 10.6 Å². The van der Waals surface area contributed by atoms with Gasteiger partial charge in [0.15, 0.2) is 0 Å². The first-order chi connectivity index (χ1) is 11.6. The van der Waals surface area contributed by atoms with Gasteiger partial charge in [0.05, 0.1) is 6.61 Å². The highest BCUT2D eigenvalue weighted by Crippen LogP contribution is 2.36. The standard InChI is InChI=1S/C18H20ClNO3S/c1-3-23-18(22)16-14(13-8-6-12(2)7-9-13)11-24-17(16)20-15(21)5-4-10-19/h6-9,11H,3-5,10H2,1-2H3,(H,20,21). The smallest absolute Gasteiger partial charge is 0.341 e. The lowest BCUT2D eigenvalue weighted by Crippen LogP contribution is -2.14. The lowest BCUT2D eigenvalue weighted by Gasteiger charge is -2.09. The Labute approximate surface area is 150 Å². The van der Waals surface area contributed by atoms with Gasteiger partial charge in [-0.2, -0.15) is 0 Å². The number of nitrogens with one attached hydrogen (secondary N) is 1. The molecule has 0 fully saturated rings. The summed E-state index contributed by atoms with van der Waals surface area (Å²) in [4.78, 5) is 24.4. The largest absolute Gasteiger partial charge is 0.462 e. The van der Waals surface area contributed by atoms with Gasteiger partial charge < -0.3 is 10.1 Å². The van der Waals surface area contributed by atoms with Crippen molar-refractivity contribution in [1.29, 1.82) is 0 Å². The molecule has 1 amide bonds. The number of amides is 1. The molecular formula is C18H20ClNO3S. The van der Waals surface area contributed by atoms with Crippen molar-refractivity contribution in [3.05, 3.63) is 40.8 Å². The normalized spacial score (nSPS) is 10.5. The number of alkyl halides is 1. The molecule has 0 saturated carbocycles. The van der Waals surface area contributed by atoms with Gasteiger partial charge in [-0.1, -0.05) is 29.8 Å². The van der Waals surface area contributed by atoms with Crippen molar-refractivity contribution in [3.8, 4) is 11.1 Å². The highest BCUT2D eigenvalue weighted by Gasteiger charge is 2.22. The minimum absolute atomic E-state index is 0.154. The van der Waals surface area contributed by atoms with Crippen molar-refractivity contribution < 1.29 is 14.3 Å². The molecule has 24 heavy (non-hydrogen) atoms. The fourth-order valence-electron chi connectivity index (χ4n) is 2.22. The highest BCUT2D eigenvalue weighted by molar-refractivity contribution is 7.15. The second kappa shape index (κ2) is 8.85. The van der Waals surface area contributed by atoms with Crippen LogP contribution in [0.3, 0.4) is 0 Å². The predicted octanol–water partition coefficient (Wildman–Crippen LogP) is 4.86. The van der Waals surface area contributed by atoms with Crippen LogP contribution in [-0.4, -0.2) is 24.4 Å². The number of ether oxygens (including phenoxy) is 1. The summed E-state index contributed by atoms with van der Waals surface area (Å²) in [6, 6.07) is 7.89. The molecule has 0 aliphatic heterocycles. The van der Waals surface area contributed by atoms with E-state index in [1.54, 1.807) is 6.92 Å². The second-order valence-corrected chi connectivity index (χ2v) is 6.54. The maximum Gasteiger partial charge on any atom is 0.341 e. The van der Waals surface area contributed by atoms with Crippen LogP contribution in [0.25, 0.3) is 11.1 Å². The molecule has 0 bridgehead atoms. The summed E-state index contributed by atoms with van der Waals surface area (Å²) in [7, 11) is 0. The quantitative estimate of drug-likeness (QED) is 0.563. The number of rotatable bonds is 7. The number of halogens is 1. The molecule has 0 aliphatic rings. The van der Waals surface area contributed by atoms with E-state index < -0.39 is 5.97 Å². The molecule has 0 atom stereocenters. The van der Waals surface area contributed by atoms with Crippen molar-refractivity contribution in [2.75, 3.05) is 17.8 Å². The van der Waals surface area contributed by atoms with Gasteiger partial charge in [0, 0.05) is 23.2 Å². The number of thiophene rings is 1. The Kier molecular flexibility index (Phi) is 6.82. The Morgan fingerprint density at radius 1 is 1.25 bits per heavy atom. The molecule has 0 unspecified atom stereocenters. The maximum atomic E-state index is 12.4. The third-order valence-electron chi connectivity index (χ3n) is 3.42. The minimum atomic E-state index is -0.429. The number of anilines is 1. The van der Waals surface area contributed by atoms with Crippen molar-refractivity contribution in [1.82, 2.24) is 0 Å². The fourth-order valence-corrected chi connectivity index (χ4v) is 3.33. The van der Waals surface area contributed by atoms with E-state index in [1.807, 2.05) is 36.6 Å². The van der Waals surface area contributed by atoms with Crippen LogP contribution in [0.15, 0.2) is 29.6 Å². The van der Waals surface area contributed by atoms with Crippen LogP contribution in [0.1, 0.15) is 35.7 Å². The Morgan fingerprint density at radius 2 is 1.96 bits per heavy atom. The van der Waals surface area contributed by atoms with Gasteiger partial charge in [-0.3, -0.25) is 4.79 Å². The SMILES string of the molecule is CCOC(=O)c1c(-c2ccc(C)cc2)csc1NC(=O)CCCCl. The molecule has 0 saturated heterocycles. The molecule has 1 N–H and O–H groups in total. The summed E-state index contributed by atoms with van der Waals surface area (Å²) in [5.41, 5.74) is 3.23. The first-order valence-corrected chi connectivity index (χ1v) is 9.19. The second-order valence-electron chi connectivity index (χ2n) is 5.28. The van der Waals surface area contributed by atoms with Gasteiger partial charge in [-0.15, -0.1) is 22.9 Å². The maximum absolute atomic E-state index is 12.4. The topological polar surface area (TPSA) is 55.4 Å². The minimum Gasteiger partial charge on any atom is -0.462 e. The molecule has 1 heterocycles. The van der Waals surface area contributed by atoms with E-state index in [0.29, 0.717) is 29.3 Å². The van der Waals surface area contributed by atoms with Crippen LogP contribution in [0.5, 0.6) is 0 Å². The van der Waals surface area contributed by atoms with E-state index in [4.69, 9.17) is 16.3 Å². The summed E-state index contributed by atoms with van der Waals surface area (Å²) in [6.07, 6.45) is 0.919. The molecule has 1 aromatic heterocycles. The van der Waals surface area contributed by atoms with Crippen LogP contribution in [-0.2, 0) is 9.53 Å². The van der Waals surface area contributed by atoms with Crippen molar-refractivity contribution >= 4 is 39.8 Å². The molecule has 0 radical (unpaired) electrons. The number of hydrogen-bond donors (Lipinski definition) is 1. The summed E-state index contributed by atoms with van der Waals surface area (Å²) in [5, 5.41) is 5.19. The van der Waals surface area contributed by atoms with E-state index in [1.165, 1.54) is 11.3 Å². The molecule has 4 nitrogen and oxygen atoms in total. The summed E-state index contributed by atoms with van der Waals surface area (Å²) >= 11 is 6.94. The molecule has 0 aliphatic carbocycles. The summed E-state index contributed by atoms with van der Waals surface area (Å²) in [5.74, 6) is -0.155. The summed E-state index contributed by atoms with van der Waals surface area (Å²) in [6.45, 7) is 4.04. The fraction of sp³-hybridized carbons (Fsp3) is 0.333. The average Bonchev–Trinajstić information content (AvgIpc) is 2.97. The Balaban J connectivity index is 2.35. The third kappa shape index (κ3) is 4.58. The number of benzene rings is 1. The number of carbonyl (C=O) groups is 2. The van der Waals surface area contributed by atoms with Crippen LogP contribution in [0, 0.1) is 6.92 Å². The molecule has 128 valence electrons. The van der Waals surface area contributed by atoms with E-state index in [-0.39, 0.29) is 12.5 Å². The number of esters is 1. The Hall–Kier alpha value is -1.85. The molecule has 0 spiro atoms. The average molecular weight is 366 g/mol. The van der Waals surface area contributed by atoms with Gasteiger partial charge in [-0.05, 0) is 25.8 Å². The first-order valence-electron chi connectivity index (χ1n) is 7.78. The Morgan fingerprint density at radius 3 is 2.58 bits per heavy atom. The van der Waals surface area contributed by atoms with E-state index in [2.05, 4.69) is 5.32 Å². The zero-order chi connectivity index (χ0) is 17.5. The van der Waals surface area contributed by atoms with Gasteiger partial charge in [-0.25, -0.2) is 4.79 Å². The molecule has 2 aromatic rings. The number of carbonyl (C=O) groups excluding carboxylic acids is 2. The van der Waals surface area contributed by atoms with Crippen LogP contribution >= 0.6 is 22.9 Å². The van der Waals surface area contributed by atoms with Gasteiger partial charge >= 0.3 is 5.97 Å². The number of aryl methyl sites for hydroxylation is 1. The zero-order valence-corrected chi connectivity index (χ0v) is 15.3. The Bertz CT molecular complexity index is 710. The van der Waals surface area contributed by atoms with Crippen molar-refractivity contribution in [3.63, 3.8) is 0 Å². The first kappa shape index (κ1) is 18.5. The predicted molar refractivity (Wildman–Crippen MR) is 99.0 cm³/mol. The number of hydrogen-bond acceptors (Lipinski definition) is 4. The van der Waals surface area contributed by atoms with E-state index in [0.717, 1.165) is 16.7 Å². The molecule has 1 aromatic carbocycles. The lowest BCUT2D eigenvalue weighted by molar-refractivity contribution is -0.116. The molecular weight excluding hydrogens is 346 g/mol. The van der Waals surface area contributed by atoms with Crippen LogP contribution in [0.2, 0.25) is 0 Å². The van der Waals surface area contributed by atoms with E-state index >= 15 is 0 Å². The van der Waals surface area contributed by atoms with E-state index in [9.17, 15) is 9.59 Å². The lowest BCUT2D eigenvalue weighted by atomic mass is 10.0. The highest BCUT2D eigenvalue weighted by atomic mass is 35.5. The zero-order valence-electron chi connectivity index (χ0n) is 13.7. The monoisotopic (exact) mass is 365 g/mol. The van der Waals surface area contributed by atoms with Crippen molar-refractivity contribution in [2.45, 2.75) is 26.7 Å². The van der Waals surface area contributed by atoms with Gasteiger partial charge in [0.2, 0.25) is 5.91 Å². The molecule has 2 rings (SSSR count). The third-order valence-corrected chi connectivity index (χ3v) is 4.59. The van der Waals surface area contributed by atoms with Gasteiger partial charge in [0.25, 0.3) is 0 Å². The molecule has 6 heteroatoms. The van der Waals surface area contributed by atoms with Crippen molar-refractivity contribution in [2.24, 2.45) is 0 Å². The van der Waals surface area contributed by atoms with Crippen LogP contribution < -0.4 is 5.32 Å². The van der Waals surface area contributed by atoms with Crippen LogP contribution in [0.4, 0.5) is 5.00 Å². The summed E-state index contributed by atoms with van der Waals surface area (Å²) < 4.78 is 5.17.